The molecule has 0 radical (unpaired) electrons. The molecule has 1 aromatic heterocycles. The lowest BCUT2D eigenvalue weighted by molar-refractivity contribution is 0.0971. The molecule has 0 saturated heterocycles. The average molecular weight is 492 g/mol. The average Bonchev–Trinajstić information content (AvgIpc) is 3.15. The number of amides is 1. The van der Waals surface area contributed by atoms with E-state index in [-0.39, 0.29) is 28.9 Å². The molecule has 6 nitrogen and oxygen atoms in total. The van der Waals surface area contributed by atoms with Gasteiger partial charge in [0.1, 0.15) is 18.0 Å². The van der Waals surface area contributed by atoms with E-state index in [9.17, 15) is 14.0 Å². The zero-order chi connectivity index (χ0) is 24.7. The molecule has 1 aliphatic rings. The minimum Gasteiger partial charge on any atom is -0.493 e. The molecule has 0 N–H and O–H groups in total. The molecule has 3 aromatic carbocycles. The van der Waals surface area contributed by atoms with Crippen LogP contribution in [-0.2, 0) is 0 Å². The molecule has 8 heteroatoms. The van der Waals surface area contributed by atoms with Gasteiger partial charge in [-0.2, -0.15) is 0 Å². The number of rotatable bonds is 6. The Hall–Kier alpha value is -4.10. The van der Waals surface area contributed by atoms with E-state index in [0.29, 0.717) is 27.8 Å². The van der Waals surface area contributed by atoms with Gasteiger partial charge < -0.3 is 13.9 Å². The third-order valence-electron chi connectivity index (χ3n) is 5.78. The summed E-state index contributed by atoms with van der Waals surface area (Å²) in [4.78, 5) is 28.7. The van der Waals surface area contributed by atoms with Crippen LogP contribution in [0.3, 0.4) is 0 Å². The SMILES string of the molecule is C=CCOc1ccc(C2c3c(oc4ccc(F)cc4c3=O)C(=O)N2c2cccc(Cl)c2)cc1OC. The largest absolute Gasteiger partial charge is 0.493 e. The van der Waals surface area contributed by atoms with Crippen LogP contribution in [0, 0.1) is 5.82 Å². The van der Waals surface area contributed by atoms with Crippen molar-refractivity contribution in [3.63, 3.8) is 0 Å². The molecule has 1 amide bonds. The van der Waals surface area contributed by atoms with Gasteiger partial charge in [0, 0.05) is 10.7 Å². The number of hydrogen-bond acceptors (Lipinski definition) is 5. The molecule has 1 unspecified atom stereocenters. The maximum atomic E-state index is 14.0. The molecule has 2 heterocycles. The lowest BCUT2D eigenvalue weighted by atomic mass is 9.97. The van der Waals surface area contributed by atoms with E-state index >= 15 is 0 Å². The summed E-state index contributed by atoms with van der Waals surface area (Å²) in [5, 5.41) is 0.467. The summed E-state index contributed by atoms with van der Waals surface area (Å²) >= 11 is 6.22. The van der Waals surface area contributed by atoms with Crippen molar-refractivity contribution in [2.45, 2.75) is 6.04 Å². The fourth-order valence-corrected chi connectivity index (χ4v) is 4.46. The molecule has 1 atom stereocenters. The first-order valence-corrected chi connectivity index (χ1v) is 11.1. The number of ether oxygens (including phenoxy) is 2. The van der Waals surface area contributed by atoms with Crippen LogP contribution in [0.1, 0.15) is 27.7 Å². The monoisotopic (exact) mass is 491 g/mol. The predicted octanol–water partition coefficient (Wildman–Crippen LogP) is 5.91. The van der Waals surface area contributed by atoms with Crippen molar-refractivity contribution in [2.75, 3.05) is 18.6 Å². The smallest absolute Gasteiger partial charge is 0.295 e. The highest BCUT2D eigenvalue weighted by molar-refractivity contribution is 6.31. The number of halogens is 2. The molecule has 176 valence electrons. The van der Waals surface area contributed by atoms with Crippen LogP contribution < -0.4 is 19.8 Å². The van der Waals surface area contributed by atoms with Gasteiger partial charge in [0.25, 0.3) is 5.91 Å². The van der Waals surface area contributed by atoms with Crippen LogP contribution in [0.4, 0.5) is 10.1 Å². The molecule has 0 saturated carbocycles. The van der Waals surface area contributed by atoms with Crippen molar-refractivity contribution in [2.24, 2.45) is 0 Å². The van der Waals surface area contributed by atoms with Crippen LogP contribution >= 0.6 is 11.6 Å². The minimum atomic E-state index is -0.873. The standard InChI is InChI=1S/C27H19ClFNO5/c1-3-11-34-21-9-7-15(12-22(21)33-2)24-23-25(31)19-14-17(29)8-10-20(19)35-26(23)27(32)30(24)18-6-4-5-16(28)13-18/h3-10,12-14,24H,1,11H2,2H3. The first-order valence-electron chi connectivity index (χ1n) is 10.7. The van der Waals surface area contributed by atoms with Crippen molar-refractivity contribution < 1.29 is 23.1 Å². The molecule has 0 bridgehead atoms. The third kappa shape index (κ3) is 3.84. The molecule has 1 aliphatic heterocycles. The van der Waals surface area contributed by atoms with Crippen molar-refractivity contribution in [1.29, 1.82) is 0 Å². The van der Waals surface area contributed by atoms with E-state index in [4.69, 9.17) is 25.5 Å². The summed E-state index contributed by atoms with van der Waals surface area (Å²) in [6.07, 6.45) is 1.61. The van der Waals surface area contributed by atoms with E-state index in [1.807, 2.05) is 0 Å². The summed E-state index contributed by atoms with van der Waals surface area (Å²) in [5.41, 5.74) is 0.785. The zero-order valence-corrected chi connectivity index (χ0v) is 19.3. The lowest BCUT2D eigenvalue weighted by Gasteiger charge is -2.26. The number of methoxy groups -OCH3 is 1. The van der Waals surface area contributed by atoms with Gasteiger partial charge in [-0.15, -0.1) is 0 Å². The van der Waals surface area contributed by atoms with Crippen LogP contribution in [0.15, 0.2) is 82.5 Å². The van der Waals surface area contributed by atoms with Crippen molar-refractivity contribution in [1.82, 2.24) is 0 Å². The fraction of sp³-hybridized carbons (Fsp3) is 0.111. The van der Waals surface area contributed by atoms with Crippen LogP contribution in [0.25, 0.3) is 11.0 Å². The summed E-state index contributed by atoms with van der Waals surface area (Å²) < 4.78 is 31.0. The number of carbonyl (C=O) groups excluding carboxylic acids is 1. The fourth-order valence-electron chi connectivity index (χ4n) is 4.27. The van der Waals surface area contributed by atoms with Crippen LogP contribution in [-0.4, -0.2) is 19.6 Å². The summed E-state index contributed by atoms with van der Waals surface area (Å²) in [6.45, 7) is 3.92. The van der Waals surface area contributed by atoms with Crippen molar-refractivity contribution >= 4 is 34.2 Å². The van der Waals surface area contributed by atoms with E-state index in [1.165, 1.54) is 24.1 Å². The highest BCUT2D eigenvalue weighted by Crippen LogP contribution is 2.43. The van der Waals surface area contributed by atoms with Crippen molar-refractivity contribution in [3.8, 4) is 11.5 Å². The molecule has 0 spiro atoms. The second-order valence-corrected chi connectivity index (χ2v) is 8.32. The highest BCUT2D eigenvalue weighted by Gasteiger charge is 2.44. The highest BCUT2D eigenvalue weighted by atomic mass is 35.5. The number of carbonyl (C=O) groups is 1. The van der Waals surface area contributed by atoms with Gasteiger partial charge in [-0.05, 0) is 54.1 Å². The number of benzene rings is 3. The van der Waals surface area contributed by atoms with Gasteiger partial charge in [-0.1, -0.05) is 36.4 Å². The second kappa shape index (κ2) is 8.92. The molecule has 0 aliphatic carbocycles. The first kappa shape index (κ1) is 22.7. The Morgan fingerprint density at radius 1 is 1.11 bits per heavy atom. The lowest BCUT2D eigenvalue weighted by Crippen LogP contribution is -2.29. The van der Waals surface area contributed by atoms with Gasteiger partial charge in [0.15, 0.2) is 16.9 Å². The summed E-state index contributed by atoms with van der Waals surface area (Å²) in [6, 6.07) is 14.6. The number of fused-ring (bicyclic) bond motifs is 2. The number of hydrogen-bond donors (Lipinski definition) is 0. The van der Waals surface area contributed by atoms with E-state index < -0.39 is 23.2 Å². The number of anilines is 1. The molecule has 0 fully saturated rings. The van der Waals surface area contributed by atoms with Crippen LogP contribution in [0.2, 0.25) is 5.02 Å². The van der Waals surface area contributed by atoms with Crippen LogP contribution in [0.5, 0.6) is 11.5 Å². The second-order valence-electron chi connectivity index (χ2n) is 7.88. The summed E-state index contributed by atoms with van der Waals surface area (Å²) in [5.74, 6) is -0.315. The third-order valence-corrected chi connectivity index (χ3v) is 6.01. The topological polar surface area (TPSA) is 69.0 Å². The Balaban J connectivity index is 1.77. The van der Waals surface area contributed by atoms with Gasteiger partial charge in [-0.3, -0.25) is 14.5 Å². The Labute approximate surface area is 204 Å². The Kier molecular flexibility index (Phi) is 5.78. The van der Waals surface area contributed by atoms with Gasteiger partial charge in [0.2, 0.25) is 5.76 Å². The first-order chi connectivity index (χ1) is 16.9. The Morgan fingerprint density at radius 3 is 2.69 bits per heavy atom. The minimum absolute atomic E-state index is 0.0485. The molecule has 35 heavy (non-hydrogen) atoms. The Bertz CT molecular complexity index is 1550. The van der Waals surface area contributed by atoms with Gasteiger partial charge in [-0.25, -0.2) is 4.39 Å². The molecular weight excluding hydrogens is 473 g/mol. The van der Waals surface area contributed by atoms with E-state index in [1.54, 1.807) is 48.5 Å². The molecular formula is C27H19ClFNO5. The molecule has 4 aromatic rings. The predicted molar refractivity (Wildman–Crippen MR) is 131 cm³/mol. The maximum Gasteiger partial charge on any atom is 0.295 e. The van der Waals surface area contributed by atoms with Gasteiger partial charge in [0.05, 0.1) is 24.1 Å². The normalized spacial score (nSPS) is 14.8. The summed E-state index contributed by atoms with van der Waals surface area (Å²) in [7, 11) is 1.49. The van der Waals surface area contributed by atoms with Gasteiger partial charge >= 0.3 is 0 Å². The zero-order valence-electron chi connectivity index (χ0n) is 18.6. The quantitative estimate of drug-likeness (QED) is 0.314. The Morgan fingerprint density at radius 2 is 1.94 bits per heavy atom. The molecule has 5 rings (SSSR count). The van der Waals surface area contributed by atoms with E-state index in [0.717, 1.165) is 6.07 Å². The maximum absolute atomic E-state index is 14.0. The number of nitrogens with zero attached hydrogens (tertiary/aromatic N) is 1. The van der Waals surface area contributed by atoms with E-state index in [2.05, 4.69) is 6.58 Å². The van der Waals surface area contributed by atoms with Crippen molar-refractivity contribution in [3.05, 3.63) is 111 Å².